The van der Waals surface area contributed by atoms with Crippen molar-refractivity contribution in [3.63, 3.8) is 0 Å². The van der Waals surface area contributed by atoms with E-state index in [1.165, 1.54) is 0 Å². The smallest absolute Gasteiger partial charge is 0.399 e. The Morgan fingerprint density at radius 3 is 2.31 bits per heavy atom. The van der Waals surface area contributed by atoms with Crippen LogP contribution in [0.15, 0.2) is 0 Å². The molecule has 0 aliphatic heterocycles. The Kier molecular flexibility index (Phi) is 4.51. The highest BCUT2D eigenvalue weighted by atomic mass is 19.3. The molecule has 76 valence electrons. The minimum Gasteiger partial charge on any atom is -0.461 e. The molecule has 0 heterocycles. The number of carbonyl (C=O) groups excluding carboxylic acids is 2. The summed E-state index contributed by atoms with van der Waals surface area (Å²) >= 11 is 0. The van der Waals surface area contributed by atoms with Crippen LogP contribution < -0.4 is 0 Å². The van der Waals surface area contributed by atoms with Gasteiger partial charge < -0.3 is 4.74 Å². The molecule has 0 bridgehead atoms. The summed E-state index contributed by atoms with van der Waals surface area (Å²) in [7, 11) is 0. The van der Waals surface area contributed by atoms with Crippen LogP contribution in [0.25, 0.3) is 0 Å². The molecule has 0 amide bonds. The maximum atomic E-state index is 12.5. The quantitative estimate of drug-likeness (QED) is 0.379. The highest BCUT2D eigenvalue weighted by Gasteiger charge is 2.45. The Labute approximate surface area is 75.1 Å². The Balaban J connectivity index is 4.03. The molecular weight excluding hydrogens is 182 g/mol. The van der Waals surface area contributed by atoms with Gasteiger partial charge in [0.25, 0.3) is 0 Å². The van der Waals surface area contributed by atoms with Crippen LogP contribution in [0.2, 0.25) is 0 Å². The second-order valence-corrected chi connectivity index (χ2v) is 2.62. The molecule has 0 aliphatic rings. The zero-order valence-corrected chi connectivity index (χ0v) is 7.60. The number of unbranched alkanes of at least 4 members (excludes halogenated alkanes) is 1. The number of halogens is 2. The molecule has 0 aromatic carbocycles. The molecular formula is C8H12F2O3. The number of hydrogen-bond acceptors (Lipinski definition) is 3. The standard InChI is InChI=1S/C8H12F2O3/c1-3-4-5-13-7(12)8(9,10)6(2)11/h3-5H2,1-2H3. The van der Waals surface area contributed by atoms with Gasteiger partial charge in [-0.15, -0.1) is 0 Å². The SMILES string of the molecule is CCCCOC(=O)C(F)(F)C(C)=O. The zero-order chi connectivity index (χ0) is 10.5. The van der Waals surface area contributed by atoms with E-state index < -0.39 is 17.7 Å². The van der Waals surface area contributed by atoms with Gasteiger partial charge in [-0.05, 0) is 6.42 Å². The van der Waals surface area contributed by atoms with E-state index in [4.69, 9.17) is 0 Å². The van der Waals surface area contributed by atoms with Crippen LogP contribution in [0.4, 0.5) is 8.78 Å². The Morgan fingerprint density at radius 1 is 1.38 bits per heavy atom. The van der Waals surface area contributed by atoms with Gasteiger partial charge in [0.1, 0.15) is 0 Å². The summed E-state index contributed by atoms with van der Waals surface area (Å²) in [4.78, 5) is 20.9. The van der Waals surface area contributed by atoms with Crippen molar-refractivity contribution in [1.29, 1.82) is 0 Å². The van der Waals surface area contributed by atoms with Crippen LogP contribution in [-0.2, 0) is 14.3 Å². The number of carbonyl (C=O) groups is 2. The van der Waals surface area contributed by atoms with E-state index >= 15 is 0 Å². The van der Waals surface area contributed by atoms with Crippen molar-refractivity contribution in [3.8, 4) is 0 Å². The van der Waals surface area contributed by atoms with E-state index in [2.05, 4.69) is 4.74 Å². The number of Topliss-reactive ketones (excluding diaryl/α,β-unsaturated/α-hetero) is 1. The summed E-state index contributed by atoms with van der Waals surface area (Å²) in [6.45, 7) is 2.41. The maximum absolute atomic E-state index is 12.5. The van der Waals surface area contributed by atoms with Crippen molar-refractivity contribution in [2.24, 2.45) is 0 Å². The first-order valence-electron chi connectivity index (χ1n) is 3.99. The first kappa shape index (κ1) is 12.0. The third kappa shape index (κ3) is 3.48. The van der Waals surface area contributed by atoms with E-state index in [0.29, 0.717) is 13.3 Å². The lowest BCUT2D eigenvalue weighted by molar-refractivity contribution is -0.176. The lowest BCUT2D eigenvalue weighted by Crippen LogP contribution is -2.37. The molecule has 0 aliphatic carbocycles. The third-order valence-electron chi connectivity index (χ3n) is 1.43. The maximum Gasteiger partial charge on any atom is 0.399 e. The lowest BCUT2D eigenvalue weighted by Gasteiger charge is -2.11. The molecule has 0 unspecified atom stereocenters. The topological polar surface area (TPSA) is 43.4 Å². The molecule has 0 N–H and O–H groups in total. The number of rotatable bonds is 5. The summed E-state index contributed by atoms with van der Waals surface area (Å²) in [6, 6.07) is 0. The van der Waals surface area contributed by atoms with Crippen LogP contribution in [0.1, 0.15) is 26.7 Å². The van der Waals surface area contributed by atoms with Crippen LogP contribution in [0.3, 0.4) is 0 Å². The second kappa shape index (κ2) is 4.89. The summed E-state index contributed by atoms with van der Waals surface area (Å²) in [5.74, 6) is -7.24. The van der Waals surface area contributed by atoms with E-state index in [0.717, 1.165) is 6.42 Å². The largest absolute Gasteiger partial charge is 0.461 e. The highest BCUT2D eigenvalue weighted by Crippen LogP contribution is 2.16. The number of hydrogen-bond donors (Lipinski definition) is 0. The van der Waals surface area contributed by atoms with E-state index in [1.807, 2.05) is 6.92 Å². The van der Waals surface area contributed by atoms with Crippen molar-refractivity contribution in [2.45, 2.75) is 32.6 Å². The molecule has 0 rings (SSSR count). The number of esters is 1. The van der Waals surface area contributed by atoms with Gasteiger partial charge in [-0.1, -0.05) is 13.3 Å². The first-order chi connectivity index (χ1) is 5.92. The van der Waals surface area contributed by atoms with Gasteiger partial charge >= 0.3 is 11.9 Å². The lowest BCUT2D eigenvalue weighted by atomic mass is 10.2. The molecule has 0 atom stereocenters. The molecule has 0 radical (unpaired) electrons. The molecule has 3 nitrogen and oxygen atoms in total. The fourth-order valence-corrected chi connectivity index (χ4v) is 0.544. The minimum absolute atomic E-state index is 0.0712. The molecule has 5 heteroatoms. The zero-order valence-electron chi connectivity index (χ0n) is 7.60. The molecule has 0 fully saturated rings. The molecule has 0 saturated heterocycles. The van der Waals surface area contributed by atoms with Gasteiger partial charge in [0.05, 0.1) is 6.61 Å². The molecule has 0 aromatic rings. The average molecular weight is 194 g/mol. The predicted molar refractivity (Wildman–Crippen MR) is 41.5 cm³/mol. The third-order valence-corrected chi connectivity index (χ3v) is 1.43. The van der Waals surface area contributed by atoms with Crippen molar-refractivity contribution in [3.05, 3.63) is 0 Å². The Bertz CT molecular complexity index is 202. The van der Waals surface area contributed by atoms with Crippen LogP contribution in [-0.4, -0.2) is 24.3 Å². The highest BCUT2D eigenvalue weighted by molar-refractivity contribution is 6.04. The normalized spacial score (nSPS) is 11.1. The van der Waals surface area contributed by atoms with Gasteiger partial charge in [0.15, 0.2) is 0 Å². The summed E-state index contributed by atoms with van der Waals surface area (Å²) < 4.78 is 29.3. The van der Waals surface area contributed by atoms with E-state index in [9.17, 15) is 18.4 Å². The summed E-state index contributed by atoms with van der Waals surface area (Å²) in [5, 5.41) is 0. The first-order valence-corrected chi connectivity index (χ1v) is 3.99. The molecule has 0 saturated carbocycles. The molecule has 13 heavy (non-hydrogen) atoms. The molecule has 0 spiro atoms. The van der Waals surface area contributed by atoms with Crippen molar-refractivity contribution >= 4 is 11.8 Å². The average Bonchev–Trinajstić information content (AvgIpc) is 2.04. The minimum atomic E-state index is -3.99. The Morgan fingerprint density at radius 2 is 1.92 bits per heavy atom. The fourth-order valence-electron chi connectivity index (χ4n) is 0.544. The van der Waals surface area contributed by atoms with Crippen LogP contribution >= 0.6 is 0 Å². The van der Waals surface area contributed by atoms with Crippen LogP contribution in [0.5, 0.6) is 0 Å². The predicted octanol–water partition coefficient (Wildman–Crippen LogP) is 1.55. The van der Waals surface area contributed by atoms with Gasteiger partial charge in [-0.3, -0.25) is 4.79 Å². The van der Waals surface area contributed by atoms with Crippen molar-refractivity contribution < 1.29 is 23.1 Å². The van der Waals surface area contributed by atoms with Crippen molar-refractivity contribution in [2.75, 3.05) is 6.61 Å². The van der Waals surface area contributed by atoms with E-state index in [-0.39, 0.29) is 6.61 Å². The number of alkyl halides is 2. The van der Waals surface area contributed by atoms with Gasteiger partial charge in [0.2, 0.25) is 5.78 Å². The Hall–Kier alpha value is -1.00. The number of ketones is 1. The summed E-state index contributed by atoms with van der Waals surface area (Å²) in [6.07, 6.45) is 1.25. The fraction of sp³-hybridized carbons (Fsp3) is 0.750. The second-order valence-electron chi connectivity index (χ2n) is 2.62. The van der Waals surface area contributed by atoms with Crippen LogP contribution in [0, 0.1) is 0 Å². The van der Waals surface area contributed by atoms with Gasteiger partial charge in [-0.2, -0.15) is 8.78 Å². The number of ether oxygens (including phenoxy) is 1. The van der Waals surface area contributed by atoms with Gasteiger partial charge in [0, 0.05) is 6.92 Å². The summed E-state index contributed by atoms with van der Waals surface area (Å²) in [5.41, 5.74) is 0. The van der Waals surface area contributed by atoms with Gasteiger partial charge in [-0.25, -0.2) is 4.79 Å². The van der Waals surface area contributed by atoms with Crippen molar-refractivity contribution in [1.82, 2.24) is 0 Å². The van der Waals surface area contributed by atoms with E-state index in [1.54, 1.807) is 0 Å². The monoisotopic (exact) mass is 194 g/mol. The molecule has 0 aromatic heterocycles.